The van der Waals surface area contributed by atoms with Crippen LogP contribution in [0.2, 0.25) is 18.1 Å². The normalized spacial score (nSPS) is 20.0. The molecule has 0 saturated carbocycles. The Morgan fingerprint density at radius 3 is 2.46 bits per heavy atom. The second-order valence-corrected chi connectivity index (χ2v) is 13.3. The molecule has 6 heteroatoms. The average molecular weight is 379 g/mol. The maximum Gasteiger partial charge on any atom is 0.191 e. The molecule has 142 valence electrons. The first-order valence-corrected chi connectivity index (χ1v) is 12.3. The number of ether oxygens (including phenoxy) is 2. The van der Waals surface area contributed by atoms with E-state index in [2.05, 4.69) is 39.9 Å². The summed E-state index contributed by atoms with van der Waals surface area (Å²) in [5, 5.41) is 10.1. The first-order chi connectivity index (χ1) is 11.1. The van der Waals surface area contributed by atoms with Crippen molar-refractivity contribution in [2.24, 2.45) is 0 Å². The third-order valence-corrected chi connectivity index (χ3v) is 9.93. The van der Waals surface area contributed by atoms with Gasteiger partial charge in [0.25, 0.3) is 0 Å². The van der Waals surface area contributed by atoms with Crippen molar-refractivity contribution in [2.45, 2.75) is 82.4 Å². The Balaban J connectivity index is 2.16. The fourth-order valence-corrected chi connectivity index (χ4v) is 3.40. The lowest BCUT2D eigenvalue weighted by Gasteiger charge is -2.36. The van der Waals surface area contributed by atoms with E-state index < -0.39 is 14.4 Å². The summed E-state index contributed by atoms with van der Waals surface area (Å²) < 4.78 is 16.9. The number of allylic oxidation sites excluding steroid dienone is 1. The Bertz CT molecular complexity index is 376. The van der Waals surface area contributed by atoms with Gasteiger partial charge in [0.1, 0.15) is 0 Å². The Morgan fingerprint density at radius 2 is 1.88 bits per heavy atom. The number of hydrogen-bond acceptors (Lipinski definition) is 4. The quantitative estimate of drug-likeness (QED) is 0.346. The van der Waals surface area contributed by atoms with Gasteiger partial charge in [-0.1, -0.05) is 32.9 Å². The molecule has 0 unspecified atom stereocenters. The molecular weight excluding hydrogens is 344 g/mol. The summed E-state index contributed by atoms with van der Waals surface area (Å²) in [5.74, 6) is 0. The van der Waals surface area contributed by atoms with Crippen LogP contribution in [0, 0.1) is 0 Å². The van der Waals surface area contributed by atoms with Gasteiger partial charge in [-0.15, -0.1) is 11.6 Å². The summed E-state index contributed by atoms with van der Waals surface area (Å²) in [6.45, 7) is 13.1. The van der Waals surface area contributed by atoms with Gasteiger partial charge in [0, 0.05) is 13.0 Å². The Morgan fingerprint density at radius 1 is 1.25 bits per heavy atom. The molecule has 0 aliphatic carbocycles. The van der Waals surface area contributed by atoms with Gasteiger partial charge < -0.3 is 19.0 Å². The molecule has 1 N–H and O–H groups in total. The lowest BCUT2D eigenvalue weighted by molar-refractivity contribution is -0.0457. The van der Waals surface area contributed by atoms with Gasteiger partial charge in [-0.25, -0.2) is 0 Å². The van der Waals surface area contributed by atoms with E-state index in [1.165, 1.54) is 0 Å². The molecule has 1 heterocycles. The Hall–Kier alpha value is 0.0869. The summed E-state index contributed by atoms with van der Waals surface area (Å²) in [6, 6.07) is 0. The summed E-state index contributed by atoms with van der Waals surface area (Å²) in [7, 11) is -1.73. The smallest absolute Gasteiger partial charge is 0.191 e. The largest absolute Gasteiger partial charge is 0.417 e. The van der Waals surface area contributed by atoms with E-state index in [0.29, 0.717) is 32.7 Å². The number of halogens is 1. The van der Waals surface area contributed by atoms with Crippen LogP contribution in [-0.2, 0) is 13.9 Å². The van der Waals surface area contributed by atoms with Crippen molar-refractivity contribution >= 4 is 19.9 Å². The molecule has 1 aliphatic heterocycles. The molecule has 4 nitrogen and oxygen atoms in total. The van der Waals surface area contributed by atoms with E-state index in [9.17, 15) is 5.11 Å². The molecule has 0 bridgehead atoms. The van der Waals surface area contributed by atoms with Crippen molar-refractivity contribution in [2.75, 3.05) is 19.8 Å². The number of alkyl halides is 1. The SMILES string of the molecule is CC(C)(C)[Si](C)(C)OCC[C@@H](Cl)[C@H](O)C/C=C\CCC1OCCO1. The van der Waals surface area contributed by atoms with Gasteiger partial charge in [0.2, 0.25) is 0 Å². The second kappa shape index (κ2) is 10.3. The van der Waals surface area contributed by atoms with Crippen LogP contribution in [0.1, 0.15) is 46.5 Å². The van der Waals surface area contributed by atoms with E-state index in [1.54, 1.807) is 0 Å². The van der Waals surface area contributed by atoms with Crippen molar-refractivity contribution in [1.82, 2.24) is 0 Å². The minimum atomic E-state index is -1.73. The van der Waals surface area contributed by atoms with Crippen LogP contribution in [0.25, 0.3) is 0 Å². The summed E-state index contributed by atoms with van der Waals surface area (Å²) in [5.41, 5.74) is 0. The van der Waals surface area contributed by atoms with Gasteiger partial charge in [0.15, 0.2) is 14.6 Å². The van der Waals surface area contributed by atoms with Crippen LogP contribution < -0.4 is 0 Å². The van der Waals surface area contributed by atoms with E-state index in [1.807, 2.05) is 6.08 Å². The van der Waals surface area contributed by atoms with Gasteiger partial charge in [-0.3, -0.25) is 0 Å². The van der Waals surface area contributed by atoms with E-state index in [0.717, 1.165) is 12.8 Å². The van der Waals surface area contributed by atoms with Crippen molar-refractivity contribution in [3.05, 3.63) is 12.2 Å². The molecule has 1 fully saturated rings. The topological polar surface area (TPSA) is 47.9 Å². The highest BCUT2D eigenvalue weighted by molar-refractivity contribution is 6.74. The first kappa shape index (κ1) is 22.1. The van der Waals surface area contributed by atoms with E-state index in [-0.39, 0.29) is 16.7 Å². The molecule has 0 aromatic carbocycles. The van der Waals surface area contributed by atoms with E-state index in [4.69, 9.17) is 25.5 Å². The fourth-order valence-electron chi connectivity index (χ4n) is 2.14. The highest BCUT2D eigenvalue weighted by Crippen LogP contribution is 2.36. The molecule has 1 saturated heterocycles. The van der Waals surface area contributed by atoms with Crippen molar-refractivity contribution in [1.29, 1.82) is 0 Å². The van der Waals surface area contributed by atoms with Crippen molar-refractivity contribution < 1.29 is 19.0 Å². The molecule has 2 atom stereocenters. The van der Waals surface area contributed by atoms with Crippen LogP contribution in [0.5, 0.6) is 0 Å². The average Bonchev–Trinajstić information content (AvgIpc) is 2.98. The number of aliphatic hydroxyl groups excluding tert-OH is 1. The van der Waals surface area contributed by atoms with E-state index >= 15 is 0 Å². The first-order valence-electron chi connectivity index (χ1n) is 8.98. The Labute approximate surface area is 153 Å². The minimum Gasteiger partial charge on any atom is -0.417 e. The third-order valence-electron chi connectivity index (χ3n) is 4.88. The fraction of sp³-hybridized carbons (Fsp3) is 0.889. The molecular formula is C18H35ClO4Si. The minimum absolute atomic E-state index is 0.0622. The van der Waals surface area contributed by atoms with Crippen molar-refractivity contribution in [3.8, 4) is 0 Å². The van der Waals surface area contributed by atoms with Crippen LogP contribution in [-0.4, -0.2) is 51.0 Å². The number of rotatable bonds is 10. The molecule has 1 rings (SSSR count). The summed E-state index contributed by atoms with van der Waals surface area (Å²) in [4.78, 5) is 0. The van der Waals surface area contributed by atoms with Crippen LogP contribution in [0.15, 0.2) is 12.2 Å². The lowest BCUT2D eigenvalue weighted by atomic mass is 10.1. The predicted octanol–water partition coefficient (Wildman–Crippen LogP) is 4.47. The van der Waals surface area contributed by atoms with Gasteiger partial charge in [-0.05, 0) is 37.4 Å². The molecule has 0 radical (unpaired) electrons. The maximum atomic E-state index is 10.1. The molecule has 0 aromatic rings. The number of hydrogen-bond donors (Lipinski definition) is 1. The maximum absolute atomic E-state index is 10.1. The zero-order chi connectivity index (χ0) is 18.2. The lowest BCUT2D eigenvalue weighted by Crippen LogP contribution is -2.41. The standard InChI is InChI=1S/C18H35ClO4Si/c1-18(2,3)24(4,5)23-12-11-15(19)16(20)9-7-6-8-10-17-21-13-14-22-17/h6-7,15-17,20H,8-14H2,1-5H3/b7-6-/t15-,16-/m1/s1. The van der Waals surface area contributed by atoms with Gasteiger partial charge in [-0.2, -0.15) is 0 Å². The van der Waals surface area contributed by atoms with Crippen LogP contribution in [0.3, 0.4) is 0 Å². The highest BCUT2D eigenvalue weighted by Gasteiger charge is 2.37. The number of aliphatic hydroxyl groups is 1. The van der Waals surface area contributed by atoms with Crippen LogP contribution in [0.4, 0.5) is 0 Å². The van der Waals surface area contributed by atoms with Crippen LogP contribution >= 0.6 is 11.6 Å². The third kappa shape index (κ3) is 7.98. The molecule has 0 aromatic heterocycles. The molecule has 24 heavy (non-hydrogen) atoms. The molecule has 1 aliphatic rings. The predicted molar refractivity (Wildman–Crippen MR) is 102 cm³/mol. The highest BCUT2D eigenvalue weighted by atomic mass is 35.5. The second-order valence-electron chi connectivity index (χ2n) is 7.94. The van der Waals surface area contributed by atoms with Gasteiger partial charge >= 0.3 is 0 Å². The molecule has 0 amide bonds. The van der Waals surface area contributed by atoms with Gasteiger partial charge in [0.05, 0.1) is 24.7 Å². The molecule has 0 spiro atoms. The summed E-state index contributed by atoms with van der Waals surface area (Å²) >= 11 is 6.30. The van der Waals surface area contributed by atoms with Crippen molar-refractivity contribution in [3.63, 3.8) is 0 Å². The Kier molecular flexibility index (Phi) is 9.49. The zero-order valence-corrected chi connectivity index (χ0v) is 17.6. The summed E-state index contributed by atoms with van der Waals surface area (Å²) in [6.07, 6.45) is 6.44. The monoisotopic (exact) mass is 378 g/mol. The zero-order valence-electron chi connectivity index (χ0n) is 15.9.